The Labute approximate surface area is 337 Å². The molecule has 18 heteroatoms. The number of likely N-dealkylation sites (tertiary alicyclic amines) is 1. The molecule has 0 radical (unpaired) electrons. The maximum atomic E-state index is 13.8. The van der Waals surface area contributed by atoms with Gasteiger partial charge >= 0.3 is 11.9 Å². The Morgan fingerprint density at radius 3 is 1.86 bits per heavy atom. The third kappa shape index (κ3) is 7.29. The fourth-order valence-electron chi connectivity index (χ4n) is 12.3. The van der Waals surface area contributed by atoms with E-state index in [0.29, 0.717) is 25.1 Å². The summed E-state index contributed by atoms with van der Waals surface area (Å²) >= 11 is 0. The second kappa shape index (κ2) is 17.8. The number of carbonyl (C=O) groups excluding carboxylic acids is 2. The van der Waals surface area contributed by atoms with Gasteiger partial charge in [-0.2, -0.15) is 0 Å². The summed E-state index contributed by atoms with van der Waals surface area (Å²) < 4.78 is 37.4. The highest BCUT2D eigenvalue weighted by molar-refractivity contribution is 5.89. The van der Waals surface area contributed by atoms with Gasteiger partial charge in [-0.3, -0.25) is 24.1 Å². The van der Waals surface area contributed by atoms with Gasteiger partial charge in [0.2, 0.25) is 0 Å². The number of hydrogen-bond acceptors (Lipinski definition) is 15. The second-order valence-corrected chi connectivity index (χ2v) is 16.0. The average Bonchev–Trinajstić information content (AvgIpc) is 3.51. The van der Waals surface area contributed by atoms with Crippen LogP contribution in [0.5, 0.6) is 0 Å². The highest BCUT2D eigenvalue weighted by atomic mass is 16.6. The van der Waals surface area contributed by atoms with Crippen LogP contribution >= 0.6 is 0 Å². The summed E-state index contributed by atoms with van der Waals surface area (Å²) in [5, 5.41) is 59.5. The zero-order valence-corrected chi connectivity index (χ0v) is 34.4. The number of carbonyl (C=O) groups is 5. The van der Waals surface area contributed by atoms with Crippen LogP contribution in [-0.2, 0) is 47.6 Å². The highest BCUT2D eigenvalue weighted by Crippen LogP contribution is 2.80. The van der Waals surface area contributed by atoms with Crippen LogP contribution in [0.15, 0.2) is 30.3 Å². The van der Waals surface area contributed by atoms with E-state index in [-0.39, 0.29) is 25.0 Å². The van der Waals surface area contributed by atoms with Crippen LogP contribution in [-0.4, -0.2) is 167 Å². The Bertz CT molecular complexity index is 1620. The largest absolute Gasteiger partial charge is 0.481 e. The number of methoxy groups -OCH3 is 4. The lowest BCUT2D eigenvalue weighted by Gasteiger charge is -2.70. The van der Waals surface area contributed by atoms with Gasteiger partial charge in [0.15, 0.2) is 5.60 Å². The van der Waals surface area contributed by atoms with Crippen molar-refractivity contribution in [1.29, 1.82) is 0 Å². The first-order valence-corrected chi connectivity index (χ1v) is 19.1. The Morgan fingerprint density at radius 2 is 1.40 bits per heavy atom. The van der Waals surface area contributed by atoms with Crippen LogP contribution in [0.3, 0.4) is 0 Å². The molecular formula is C40H59NO17. The zero-order chi connectivity index (χ0) is 43.7. The van der Waals surface area contributed by atoms with Crippen molar-refractivity contribution in [2.75, 3.05) is 48.1 Å². The fourth-order valence-corrected chi connectivity index (χ4v) is 12.3. The van der Waals surface area contributed by atoms with Crippen LogP contribution in [0.1, 0.15) is 57.8 Å². The Balaban J connectivity index is 0.000000549. The number of carboxylic acids is 3. The number of fused-ring (bicyclic) bond motifs is 2. The molecule has 6 aliphatic rings. The summed E-state index contributed by atoms with van der Waals surface area (Å²) in [4.78, 5) is 56.3. The molecule has 1 heterocycles. The van der Waals surface area contributed by atoms with Crippen molar-refractivity contribution in [3.05, 3.63) is 35.9 Å². The number of piperidine rings is 1. The van der Waals surface area contributed by atoms with Gasteiger partial charge in [-0.15, -0.1) is 0 Å². The first-order chi connectivity index (χ1) is 27.2. The predicted octanol–water partition coefficient (Wildman–Crippen LogP) is 0.921. The quantitative estimate of drug-likeness (QED) is 0.189. The number of benzene rings is 1. The molecule has 1 aromatic carbocycles. The molecule has 0 aromatic heterocycles. The number of aliphatic hydroxyl groups is 3. The van der Waals surface area contributed by atoms with E-state index in [2.05, 4.69) is 4.90 Å². The highest BCUT2D eigenvalue weighted by Gasteiger charge is 2.92. The summed E-state index contributed by atoms with van der Waals surface area (Å²) in [5.74, 6) is -6.15. The molecule has 18 nitrogen and oxygen atoms in total. The van der Waals surface area contributed by atoms with Gasteiger partial charge in [-0.1, -0.05) is 25.1 Å². The predicted molar refractivity (Wildman–Crippen MR) is 200 cm³/mol. The minimum atomic E-state index is -1.83. The molecular weight excluding hydrogens is 766 g/mol. The molecule has 1 saturated heterocycles. The summed E-state index contributed by atoms with van der Waals surface area (Å²) in [6.45, 7) is 7.93. The van der Waals surface area contributed by atoms with Crippen molar-refractivity contribution in [3.63, 3.8) is 0 Å². The van der Waals surface area contributed by atoms with Gasteiger partial charge in [0, 0.05) is 104 Å². The standard InChI is InChI=1S/C34H47NO11.3C2H4O2/c1-7-35-15-31(16-41-3)20(37)13-21(42-4)33-19-14-32(40)28(45-30(39)18-11-9-8-10-12-18)22(19)34(46-17(2)36,27(38)29(32)44-6)23(26(33)35)24(43-5)25(31)33;3*1-2(3)4/h8-12,19-29,37-38,40H,7,13-16H2,1-6H3;3*1H3,(H,3,4)/t19-,20-,21+,22-,23+,24+,25-,26?,27+,28-,29+,31+,32-,33+,34-;;;/m1.../s1. The smallest absolute Gasteiger partial charge is 0.338 e. The average molecular weight is 826 g/mol. The van der Waals surface area contributed by atoms with Gasteiger partial charge in [0.1, 0.15) is 23.9 Å². The van der Waals surface area contributed by atoms with E-state index in [1.807, 2.05) is 6.92 Å². The number of hydrogen-bond donors (Lipinski definition) is 6. The minimum Gasteiger partial charge on any atom is -0.481 e. The van der Waals surface area contributed by atoms with Gasteiger partial charge in [0.05, 0.1) is 30.5 Å². The minimum absolute atomic E-state index is 0.0791. The zero-order valence-electron chi connectivity index (χ0n) is 34.4. The molecule has 5 aliphatic carbocycles. The van der Waals surface area contributed by atoms with E-state index in [9.17, 15) is 24.9 Å². The normalized spacial score (nSPS) is 40.9. The van der Waals surface area contributed by atoms with Crippen LogP contribution in [0, 0.1) is 34.5 Å². The van der Waals surface area contributed by atoms with Crippen molar-refractivity contribution in [2.24, 2.45) is 34.5 Å². The van der Waals surface area contributed by atoms with E-state index in [1.54, 1.807) is 51.7 Å². The van der Waals surface area contributed by atoms with Crippen molar-refractivity contribution in [1.82, 2.24) is 4.90 Å². The molecule has 1 unspecified atom stereocenters. The first kappa shape index (κ1) is 46.9. The monoisotopic (exact) mass is 825 g/mol. The maximum Gasteiger partial charge on any atom is 0.338 e. The number of nitrogens with zero attached hydrogens (tertiary/aromatic N) is 1. The first-order valence-electron chi connectivity index (χ1n) is 19.1. The number of ether oxygens (including phenoxy) is 6. The molecule has 6 N–H and O–H groups in total. The van der Waals surface area contributed by atoms with Gasteiger partial charge < -0.3 is 59.1 Å². The van der Waals surface area contributed by atoms with E-state index in [4.69, 9.17) is 58.1 Å². The summed E-state index contributed by atoms with van der Waals surface area (Å²) in [6, 6.07) is 8.18. The third-order valence-electron chi connectivity index (χ3n) is 13.2. The molecule has 1 aliphatic heterocycles. The number of aliphatic carboxylic acids is 3. The van der Waals surface area contributed by atoms with E-state index >= 15 is 0 Å². The van der Waals surface area contributed by atoms with Gasteiger partial charge in [-0.25, -0.2) is 4.79 Å². The van der Waals surface area contributed by atoms with Crippen LogP contribution in [0.2, 0.25) is 0 Å². The lowest BCUT2D eigenvalue weighted by Crippen LogP contribution is -2.81. The van der Waals surface area contributed by atoms with Crippen molar-refractivity contribution in [2.45, 2.75) is 101 Å². The van der Waals surface area contributed by atoms with Gasteiger partial charge in [0.25, 0.3) is 17.9 Å². The lowest BCUT2D eigenvalue weighted by molar-refractivity contribution is -0.322. The van der Waals surface area contributed by atoms with Crippen molar-refractivity contribution < 1.29 is 83.0 Å². The van der Waals surface area contributed by atoms with Crippen LogP contribution < -0.4 is 0 Å². The number of esters is 2. The Morgan fingerprint density at radius 1 is 0.828 bits per heavy atom. The number of carboxylic acid groups (broad SMARTS) is 3. The van der Waals surface area contributed by atoms with E-state index < -0.39 is 106 Å². The van der Waals surface area contributed by atoms with Crippen LogP contribution in [0.25, 0.3) is 0 Å². The van der Waals surface area contributed by atoms with Crippen LogP contribution in [0.4, 0.5) is 0 Å². The fraction of sp³-hybridized carbons (Fsp3) is 0.725. The SMILES string of the molecule is CC(=O)O.CC(=O)O.CC(=O)O.CCN1C[C@]2(COC)[C@H](O)C[C@H](OC)[C@]34C1[C@H]([C@H](OC)[C@H]23)[C@]1(OC(C)=O)[C@H]2[C@@H](OC(=O)c3ccccc3)[C@](O)(C[C@H]24)[C@@H](OC)[C@@H]1O. The topological polar surface area (TPSA) is 265 Å². The lowest BCUT2D eigenvalue weighted by atomic mass is 9.42. The molecule has 5 saturated carbocycles. The Kier molecular flexibility index (Phi) is 14.4. The molecule has 1 aromatic rings. The summed E-state index contributed by atoms with van der Waals surface area (Å²) in [7, 11) is 6.27. The molecule has 0 amide bonds. The van der Waals surface area contributed by atoms with E-state index in [1.165, 1.54) is 14.0 Å². The number of rotatable bonds is 9. The van der Waals surface area contributed by atoms with Gasteiger partial charge in [-0.05, 0) is 31.0 Å². The van der Waals surface area contributed by atoms with Crippen molar-refractivity contribution in [3.8, 4) is 0 Å². The van der Waals surface area contributed by atoms with E-state index in [0.717, 1.165) is 20.8 Å². The molecule has 1 spiro atoms. The molecule has 15 atom stereocenters. The Hall–Kier alpha value is -3.75. The molecule has 6 fully saturated rings. The maximum absolute atomic E-state index is 13.8. The summed E-state index contributed by atoms with van der Waals surface area (Å²) in [6.07, 6.45) is -5.49. The molecule has 58 heavy (non-hydrogen) atoms. The molecule has 7 rings (SSSR count). The molecule has 326 valence electrons. The molecule has 7 bridgehead atoms. The van der Waals surface area contributed by atoms with Crippen molar-refractivity contribution >= 4 is 29.8 Å². The third-order valence-corrected chi connectivity index (χ3v) is 13.2. The second-order valence-electron chi connectivity index (χ2n) is 16.0. The summed E-state index contributed by atoms with van der Waals surface area (Å²) in [5.41, 5.74) is -4.79. The number of aliphatic hydroxyl groups excluding tert-OH is 2.